The molecule has 1 saturated carbocycles. The van der Waals surface area contributed by atoms with Gasteiger partial charge in [-0.3, -0.25) is 0 Å². The smallest absolute Gasteiger partial charge is 0.344 e. The van der Waals surface area contributed by atoms with Gasteiger partial charge in [0, 0.05) is 18.2 Å². The first kappa shape index (κ1) is 9.89. The van der Waals surface area contributed by atoms with E-state index < -0.39 is 12.1 Å². The number of carbonyl (C=O) groups is 1. The lowest BCUT2D eigenvalue weighted by atomic mass is 10.4. The Hall–Kier alpha value is -1.65. The van der Waals surface area contributed by atoms with E-state index in [-0.39, 0.29) is 0 Å². The van der Waals surface area contributed by atoms with Crippen molar-refractivity contribution in [3.05, 3.63) is 18.1 Å². The Morgan fingerprint density at radius 2 is 2.40 bits per heavy atom. The summed E-state index contributed by atoms with van der Waals surface area (Å²) in [5.74, 6) is 0.530. The van der Waals surface area contributed by atoms with Crippen LogP contribution >= 0.6 is 0 Å². The summed E-state index contributed by atoms with van der Waals surface area (Å²) >= 11 is 0. The maximum atomic E-state index is 10.6. The van der Waals surface area contributed by atoms with Gasteiger partial charge in [-0.25, -0.2) is 9.78 Å². The van der Waals surface area contributed by atoms with Crippen molar-refractivity contribution in [2.24, 2.45) is 0 Å². The van der Waals surface area contributed by atoms with E-state index in [1.54, 1.807) is 12.3 Å². The standard InChI is InChI=1S/C10H12N2O3/c1-6(10(13)14)15-8-4-5-11-9(12-8)7-2-3-7/h4-7H,2-3H2,1H3,(H,13,14). The van der Waals surface area contributed by atoms with Gasteiger partial charge in [-0.15, -0.1) is 0 Å². The number of hydrogen-bond donors (Lipinski definition) is 1. The topological polar surface area (TPSA) is 72.3 Å². The molecule has 1 aliphatic carbocycles. The normalized spacial score (nSPS) is 17.1. The van der Waals surface area contributed by atoms with Gasteiger partial charge in [0.15, 0.2) is 6.10 Å². The molecule has 1 atom stereocenters. The number of ether oxygens (including phenoxy) is 1. The molecule has 0 radical (unpaired) electrons. The van der Waals surface area contributed by atoms with Crippen LogP contribution in [0.5, 0.6) is 5.88 Å². The summed E-state index contributed by atoms with van der Waals surface area (Å²) in [6.45, 7) is 1.47. The summed E-state index contributed by atoms with van der Waals surface area (Å²) < 4.78 is 5.14. The van der Waals surface area contributed by atoms with Gasteiger partial charge in [-0.05, 0) is 19.8 Å². The first-order valence-corrected chi connectivity index (χ1v) is 4.89. The number of carboxylic acids is 1. The van der Waals surface area contributed by atoms with Gasteiger partial charge >= 0.3 is 5.97 Å². The van der Waals surface area contributed by atoms with Gasteiger partial charge in [0.2, 0.25) is 5.88 Å². The number of aromatic nitrogens is 2. The quantitative estimate of drug-likeness (QED) is 0.805. The highest BCUT2D eigenvalue weighted by molar-refractivity contribution is 5.72. The third-order valence-corrected chi connectivity index (χ3v) is 2.24. The van der Waals surface area contributed by atoms with E-state index in [9.17, 15) is 4.79 Å². The average molecular weight is 208 g/mol. The molecule has 5 nitrogen and oxygen atoms in total. The highest BCUT2D eigenvalue weighted by Crippen LogP contribution is 2.38. The molecular weight excluding hydrogens is 196 g/mol. The maximum Gasteiger partial charge on any atom is 0.344 e. The van der Waals surface area contributed by atoms with E-state index in [1.807, 2.05) is 0 Å². The molecule has 1 aromatic rings. The minimum absolute atomic E-state index is 0.335. The van der Waals surface area contributed by atoms with Crippen molar-refractivity contribution in [2.75, 3.05) is 0 Å². The first-order chi connectivity index (χ1) is 7.16. The second kappa shape index (κ2) is 3.84. The number of aliphatic carboxylic acids is 1. The lowest BCUT2D eigenvalue weighted by Crippen LogP contribution is -2.23. The third kappa shape index (κ3) is 2.43. The van der Waals surface area contributed by atoms with Crippen LogP contribution in [0.4, 0.5) is 0 Å². The molecule has 0 amide bonds. The van der Waals surface area contributed by atoms with Crippen LogP contribution in [-0.4, -0.2) is 27.1 Å². The Balaban J connectivity index is 2.07. The Kier molecular flexibility index (Phi) is 2.53. The Labute approximate surface area is 87.1 Å². The zero-order valence-electron chi connectivity index (χ0n) is 8.38. The monoisotopic (exact) mass is 208 g/mol. The Bertz CT molecular complexity index is 377. The molecule has 5 heteroatoms. The summed E-state index contributed by atoms with van der Waals surface area (Å²) in [5, 5.41) is 8.67. The summed E-state index contributed by atoms with van der Waals surface area (Å²) in [7, 11) is 0. The molecule has 15 heavy (non-hydrogen) atoms. The summed E-state index contributed by atoms with van der Waals surface area (Å²) in [6, 6.07) is 1.57. The number of nitrogens with zero attached hydrogens (tertiary/aromatic N) is 2. The van der Waals surface area contributed by atoms with Crippen LogP contribution in [-0.2, 0) is 4.79 Å². The number of rotatable bonds is 4. The maximum absolute atomic E-state index is 10.6. The van der Waals surface area contributed by atoms with Crippen LogP contribution < -0.4 is 4.74 Å². The van der Waals surface area contributed by atoms with E-state index in [4.69, 9.17) is 9.84 Å². The summed E-state index contributed by atoms with van der Waals surface area (Å²) in [4.78, 5) is 18.8. The second-order valence-electron chi connectivity index (χ2n) is 3.63. The zero-order chi connectivity index (χ0) is 10.8. The zero-order valence-corrected chi connectivity index (χ0v) is 8.38. The molecular formula is C10H12N2O3. The van der Waals surface area contributed by atoms with Gasteiger partial charge < -0.3 is 9.84 Å². The molecule has 1 N–H and O–H groups in total. The van der Waals surface area contributed by atoms with E-state index >= 15 is 0 Å². The van der Waals surface area contributed by atoms with Crippen LogP contribution in [0.2, 0.25) is 0 Å². The largest absolute Gasteiger partial charge is 0.479 e. The van der Waals surface area contributed by atoms with Gasteiger partial charge in [-0.2, -0.15) is 4.98 Å². The van der Waals surface area contributed by atoms with Crippen molar-refractivity contribution in [3.8, 4) is 5.88 Å². The lowest BCUT2D eigenvalue weighted by molar-refractivity contribution is -0.144. The van der Waals surface area contributed by atoms with Crippen LogP contribution in [0.15, 0.2) is 12.3 Å². The van der Waals surface area contributed by atoms with Crippen LogP contribution in [0.3, 0.4) is 0 Å². The van der Waals surface area contributed by atoms with Gasteiger partial charge in [0.05, 0.1) is 0 Å². The van der Waals surface area contributed by atoms with E-state index in [2.05, 4.69) is 9.97 Å². The van der Waals surface area contributed by atoms with Crippen molar-refractivity contribution in [3.63, 3.8) is 0 Å². The summed E-state index contributed by atoms with van der Waals surface area (Å²) in [6.07, 6.45) is 2.94. The van der Waals surface area contributed by atoms with Crippen molar-refractivity contribution in [1.29, 1.82) is 0 Å². The van der Waals surface area contributed by atoms with Gasteiger partial charge in [0.1, 0.15) is 5.82 Å². The molecule has 0 aliphatic heterocycles. The Morgan fingerprint density at radius 1 is 1.67 bits per heavy atom. The van der Waals surface area contributed by atoms with Crippen LogP contribution in [0.1, 0.15) is 31.5 Å². The molecule has 1 heterocycles. The average Bonchev–Trinajstić information content (AvgIpc) is 3.01. The summed E-state index contributed by atoms with van der Waals surface area (Å²) in [5.41, 5.74) is 0. The van der Waals surface area contributed by atoms with Crippen molar-refractivity contribution in [2.45, 2.75) is 31.8 Å². The fraction of sp³-hybridized carbons (Fsp3) is 0.500. The molecule has 1 fully saturated rings. The van der Waals surface area contributed by atoms with E-state index in [1.165, 1.54) is 6.92 Å². The molecule has 0 saturated heterocycles. The van der Waals surface area contributed by atoms with Gasteiger partial charge in [-0.1, -0.05) is 0 Å². The molecule has 0 bridgehead atoms. The predicted octanol–water partition coefficient (Wildman–Crippen LogP) is 1.21. The minimum atomic E-state index is -0.999. The Morgan fingerprint density at radius 3 is 3.00 bits per heavy atom. The van der Waals surface area contributed by atoms with Crippen LogP contribution in [0, 0.1) is 0 Å². The van der Waals surface area contributed by atoms with Crippen molar-refractivity contribution in [1.82, 2.24) is 9.97 Å². The lowest BCUT2D eigenvalue weighted by Gasteiger charge is -2.09. The minimum Gasteiger partial charge on any atom is -0.479 e. The molecule has 2 rings (SSSR count). The fourth-order valence-electron chi connectivity index (χ4n) is 1.19. The third-order valence-electron chi connectivity index (χ3n) is 2.24. The van der Waals surface area contributed by atoms with Crippen LogP contribution in [0.25, 0.3) is 0 Å². The number of hydrogen-bond acceptors (Lipinski definition) is 4. The molecule has 80 valence electrons. The fourth-order valence-corrected chi connectivity index (χ4v) is 1.19. The number of carboxylic acid groups (broad SMARTS) is 1. The molecule has 1 aliphatic rings. The highest BCUT2D eigenvalue weighted by Gasteiger charge is 2.27. The molecule has 0 spiro atoms. The van der Waals surface area contributed by atoms with E-state index in [0.29, 0.717) is 11.8 Å². The van der Waals surface area contributed by atoms with Crippen molar-refractivity contribution >= 4 is 5.97 Å². The van der Waals surface area contributed by atoms with Crippen molar-refractivity contribution < 1.29 is 14.6 Å². The molecule has 1 unspecified atom stereocenters. The SMILES string of the molecule is CC(Oc1ccnc(C2CC2)n1)C(=O)O. The van der Waals surface area contributed by atoms with Gasteiger partial charge in [0.25, 0.3) is 0 Å². The second-order valence-corrected chi connectivity index (χ2v) is 3.63. The highest BCUT2D eigenvalue weighted by atomic mass is 16.5. The molecule has 1 aromatic heterocycles. The predicted molar refractivity (Wildman–Crippen MR) is 51.7 cm³/mol. The first-order valence-electron chi connectivity index (χ1n) is 4.89. The van der Waals surface area contributed by atoms with E-state index in [0.717, 1.165) is 18.7 Å². The molecule has 0 aromatic carbocycles.